The molecule has 5 nitrogen and oxygen atoms in total. The van der Waals surface area contributed by atoms with Crippen LogP contribution in [0.4, 0.5) is 5.13 Å². The van der Waals surface area contributed by atoms with Crippen molar-refractivity contribution in [2.24, 2.45) is 0 Å². The summed E-state index contributed by atoms with van der Waals surface area (Å²) in [6, 6.07) is 0. The predicted octanol–water partition coefficient (Wildman–Crippen LogP) is 2.25. The van der Waals surface area contributed by atoms with Crippen LogP contribution < -0.4 is 5.32 Å². The van der Waals surface area contributed by atoms with Gasteiger partial charge in [0, 0.05) is 17.3 Å². The van der Waals surface area contributed by atoms with Crippen molar-refractivity contribution in [1.82, 2.24) is 14.5 Å². The summed E-state index contributed by atoms with van der Waals surface area (Å²) in [6.07, 6.45) is 3.20. The van der Waals surface area contributed by atoms with Crippen LogP contribution in [0.15, 0.2) is 12.4 Å². The molecule has 90 valence electrons. The molecule has 7 heteroatoms. The topological polar surface area (TPSA) is 59.8 Å². The highest BCUT2D eigenvalue weighted by molar-refractivity contribution is 7.15. The molecule has 2 rings (SSSR count). The van der Waals surface area contributed by atoms with Crippen LogP contribution >= 0.6 is 22.9 Å². The van der Waals surface area contributed by atoms with Crippen molar-refractivity contribution in [3.05, 3.63) is 28.2 Å². The smallest absolute Gasteiger partial charge is 0.246 e. The first-order valence-electron chi connectivity index (χ1n) is 4.97. The van der Waals surface area contributed by atoms with E-state index >= 15 is 0 Å². The van der Waals surface area contributed by atoms with E-state index in [-0.39, 0.29) is 12.5 Å². The summed E-state index contributed by atoms with van der Waals surface area (Å²) in [5, 5.41) is 3.64. The van der Waals surface area contributed by atoms with Crippen molar-refractivity contribution in [2.75, 3.05) is 5.32 Å². The van der Waals surface area contributed by atoms with Gasteiger partial charge in [0.25, 0.3) is 0 Å². The second-order valence-corrected chi connectivity index (χ2v) is 5.07. The number of nitrogens with zero attached hydrogens (tertiary/aromatic N) is 3. The molecule has 0 bridgehead atoms. The fraction of sp³-hybridized carbons (Fsp3) is 0.300. The number of aromatic nitrogens is 3. The number of aryl methyl sites for hydroxylation is 2. The Hall–Kier alpha value is -1.40. The number of imidazole rings is 1. The number of hydrogen-bond donors (Lipinski definition) is 1. The van der Waals surface area contributed by atoms with Crippen molar-refractivity contribution in [1.29, 1.82) is 0 Å². The lowest BCUT2D eigenvalue weighted by molar-refractivity contribution is -0.116. The van der Waals surface area contributed by atoms with Crippen LogP contribution in [0.3, 0.4) is 0 Å². The summed E-state index contributed by atoms with van der Waals surface area (Å²) in [5.74, 6) is -0.168. The average Bonchev–Trinajstić information content (AvgIpc) is 2.76. The molecule has 0 radical (unpaired) electrons. The Bertz CT molecular complexity index is 529. The van der Waals surface area contributed by atoms with Crippen molar-refractivity contribution in [3.8, 4) is 0 Å². The van der Waals surface area contributed by atoms with E-state index in [9.17, 15) is 4.79 Å². The van der Waals surface area contributed by atoms with E-state index < -0.39 is 0 Å². The Morgan fingerprint density at radius 2 is 2.35 bits per heavy atom. The summed E-state index contributed by atoms with van der Waals surface area (Å²) < 4.78 is 1.56. The minimum atomic E-state index is -0.168. The molecule has 0 aliphatic carbocycles. The van der Waals surface area contributed by atoms with Crippen molar-refractivity contribution in [2.45, 2.75) is 20.4 Å². The molecular formula is C10H11ClN4OS. The van der Waals surface area contributed by atoms with Crippen molar-refractivity contribution < 1.29 is 4.79 Å². The monoisotopic (exact) mass is 270 g/mol. The van der Waals surface area contributed by atoms with E-state index in [1.54, 1.807) is 17.0 Å². The summed E-state index contributed by atoms with van der Waals surface area (Å²) >= 11 is 7.23. The zero-order valence-electron chi connectivity index (χ0n) is 9.40. The number of anilines is 1. The van der Waals surface area contributed by atoms with E-state index in [1.165, 1.54) is 11.3 Å². The van der Waals surface area contributed by atoms with Crippen LogP contribution in [0.5, 0.6) is 0 Å². The highest BCUT2D eigenvalue weighted by atomic mass is 35.5. The SMILES string of the molecule is Cc1nc(NC(=O)Cn2ccnc2Cl)sc1C. The molecule has 0 aliphatic heterocycles. The van der Waals surface area contributed by atoms with Gasteiger partial charge in [-0.2, -0.15) is 0 Å². The van der Waals surface area contributed by atoms with Crippen molar-refractivity contribution >= 4 is 34.0 Å². The fourth-order valence-corrected chi connectivity index (χ4v) is 2.27. The average molecular weight is 271 g/mol. The summed E-state index contributed by atoms with van der Waals surface area (Å²) in [5.41, 5.74) is 0.936. The number of nitrogens with one attached hydrogen (secondary N) is 1. The Morgan fingerprint density at radius 1 is 1.59 bits per heavy atom. The third kappa shape index (κ3) is 2.83. The number of rotatable bonds is 3. The maximum atomic E-state index is 11.7. The maximum absolute atomic E-state index is 11.7. The Kier molecular flexibility index (Phi) is 3.44. The molecule has 0 atom stereocenters. The number of hydrogen-bond acceptors (Lipinski definition) is 4. The van der Waals surface area contributed by atoms with Gasteiger partial charge in [0.2, 0.25) is 11.2 Å². The molecule has 0 aromatic carbocycles. The molecule has 0 aliphatic rings. The number of halogens is 1. The van der Waals surface area contributed by atoms with Crippen LogP contribution in [0.2, 0.25) is 5.28 Å². The highest BCUT2D eigenvalue weighted by Gasteiger charge is 2.09. The largest absolute Gasteiger partial charge is 0.312 e. The van der Waals surface area contributed by atoms with Gasteiger partial charge >= 0.3 is 0 Å². The first kappa shape index (κ1) is 12.1. The summed E-state index contributed by atoms with van der Waals surface area (Å²) in [4.78, 5) is 20.9. The van der Waals surface area contributed by atoms with Gasteiger partial charge in [-0.25, -0.2) is 9.97 Å². The van der Waals surface area contributed by atoms with Gasteiger partial charge in [-0.1, -0.05) is 0 Å². The molecule has 2 aromatic heterocycles. The van der Waals surface area contributed by atoms with E-state index in [0.717, 1.165) is 10.6 Å². The molecule has 0 unspecified atom stereocenters. The maximum Gasteiger partial charge on any atom is 0.246 e. The number of amides is 1. The predicted molar refractivity (Wildman–Crippen MR) is 67.5 cm³/mol. The first-order chi connectivity index (χ1) is 8.06. The van der Waals surface area contributed by atoms with Crippen molar-refractivity contribution in [3.63, 3.8) is 0 Å². The first-order valence-corrected chi connectivity index (χ1v) is 6.16. The minimum absolute atomic E-state index is 0.135. The molecule has 17 heavy (non-hydrogen) atoms. The summed E-state index contributed by atoms with van der Waals surface area (Å²) in [6.45, 7) is 4.01. The normalized spacial score (nSPS) is 10.5. The van der Waals surface area contributed by atoms with E-state index in [1.807, 2.05) is 13.8 Å². The lowest BCUT2D eigenvalue weighted by Crippen LogP contribution is -2.18. The second kappa shape index (κ2) is 4.85. The molecule has 0 spiro atoms. The molecule has 0 fully saturated rings. The van der Waals surface area contributed by atoms with Crippen LogP contribution in [0, 0.1) is 13.8 Å². The molecule has 0 saturated heterocycles. The molecule has 2 aromatic rings. The lowest BCUT2D eigenvalue weighted by Gasteiger charge is -2.03. The van der Waals surface area contributed by atoms with Crippen LogP contribution in [-0.2, 0) is 11.3 Å². The number of carbonyl (C=O) groups excluding carboxylic acids is 1. The van der Waals surface area contributed by atoms with Crippen LogP contribution in [0.25, 0.3) is 0 Å². The van der Waals surface area contributed by atoms with Gasteiger partial charge in [-0.3, -0.25) is 4.79 Å². The van der Waals surface area contributed by atoms with Crippen LogP contribution in [0.1, 0.15) is 10.6 Å². The standard InChI is InChI=1S/C10H11ClN4OS/c1-6-7(2)17-10(13-6)14-8(16)5-15-4-3-12-9(15)11/h3-4H,5H2,1-2H3,(H,13,14,16). The number of thiazole rings is 1. The zero-order chi connectivity index (χ0) is 12.4. The molecular weight excluding hydrogens is 260 g/mol. The van der Waals surface area contributed by atoms with Gasteiger partial charge in [-0.05, 0) is 25.4 Å². The highest BCUT2D eigenvalue weighted by Crippen LogP contribution is 2.21. The van der Waals surface area contributed by atoms with E-state index in [4.69, 9.17) is 11.6 Å². The molecule has 0 saturated carbocycles. The zero-order valence-corrected chi connectivity index (χ0v) is 11.0. The molecule has 2 heterocycles. The Balaban J connectivity index is 2.00. The summed E-state index contributed by atoms with van der Waals surface area (Å²) in [7, 11) is 0. The van der Waals surface area contributed by atoms with Gasteiger partial charge in [-0.15, -0.1) is 11.3 Å². The quantitative estimate of drug-likeness (QED) is 0.931. The molecule has 1 amide bonds. The fourth-order valence-electron chi connectivity index (χ4n) is 1.27. The van der Waals surface area contributed by atoms with Crippen LogP contribution in [-0.4, -0.2) is 20.4 Å². The number of carbonyl (C=O) groups is 1. The third-order valence-corrected chi connectivity index (χ3v) is 3.56. The third-order valence-electron chi connectivity index (χ3n) is 2.25. The van der Waals surface area contributed by atoms with E-state index in [2.05, 4.69) is 15.3 Å². The lowest BCUT2D eigenvalue weighted by atomic mass is 10.4. The molecule has 1 N–H and O–H groups in total. The van der Waals surface area contributed by atoms with Gasteiger partial charge in [0.05, 0.1) is 5.69 Å². The Labute approximate surface area is 107 Å². The van der Waals surface area contributed by atoms with Gasteiger partial charge in [0.15, 0.2) is 5.13 Å². The Morgan fingerprint density at radius 3 is 2.88 bits per heavy atom. The second-order valence-electron chi connectivity index (χ2n) is 3.53. The van der Waals surface area contributed by atoms with Gasteiger partial charge in [0.1, 0.15) is 6.54 Å². The minimum Gasteiger partial charge on any atom is -0.312 e. The van der Waals surface area contributed by atoms with E-state index in [0.29, 0.717) is 10.4 Å². The van der Waals surface area contributed by atoms with Gasteiger partial charge < -0.3 is 9.88 Å².